The van der Waals surface area contributed by atoms with E-state index in [2.05, 4.69) is 21.2 Å². The number of nitrogens with zero attached hydrogens (tertiary/aromatic N) is 2. The molecule has 4 rings (SSSR count). The predicted molar refractivity (Wildman–Crippen MR) is 155 cm³/mol. The van der Waals surface area contributed by atoms with Crippen LogP contribution in [0.2, 0.25) is 0 Å². The first-order valence-corrected chi connectivity index (χ1v) is 13.7. The fourth-order valence-electron chi connectivity index (χ4n) is 3.78. The maximum absolute atomic E-state index is 13.0. The van der Waals surface area contributed by atoms with Crippen LogP contribution in [-0.2, 0) is 16.2 Å². The molecule has 1 N–H and O–H groups in total. The molecule has 0 radical (unpaired) electrons. The summed E-state index contributed by atoms with van der Waals surface area (Å²) in [4.78, 5) is 49.6. The van der Waals surface area contributed by atoms with Crippen molar-refractivity contribution in [1.82, 2.24) is 4.90 Å². The molecule has 0 atom stereocenters. The number of carbonyl (C=O) groups excluding carboxylic acids is 3. The van der Waals surface area contributed by atoms with Crippen molar-refractivity contribution in [2.75, 3.05) is 18.5 Å². The van der Waals surface area contributed by atoms with Gasteiger partial charge in [-0.1, -0.05) is 18.2 Å². The molecule has 1 saturated heterocycles. The summed E-state index contributed by atoms with van der Waals surface area (Å²) in [6.45, 7) is 3.74. The van der Waals surface area contributed by atoms with E-state index in [-0.39, 0.29) is 17.2 Å². The molecule has 10 nitrogen and oxygen atoms in total. The average Bonchev–Trinajstić information content (AvgIpc) is 3.17. The molecule has 0 bridgehead atoms. The van der Waals surface area contributed by atoms with E-state index in [0.717, 1.165) is 27.8 Å². The molecule has 40 heavy (non-hydrogen) atoms. The lowest BCUT2D eigenvalue weighted by atomic mass is 10.1. The minimum Gasteiger partial charge on any atom is -0.490 e. The molecule has 1 fully saturated rings. The summed E-state index contributed by atoms with van der Waals surface area (Å²) in [6.07, 6.45) is 1.55. The molecule has 1 aliphatic heterocycles. The lowest BCUT2D eigenvalue weighted by molar-refractivity contribution is -0.384. The molecule has 3 amide bonds. The van der Waals surface area contributed by atoms with Crippen LogP contribution in [-0.4, -0.2) is 40.0 Å². The number of nitrogens with one attached hydrogen (secondary N) is 1. The number of rotatable bonds is 10. The number of non-ortho nitro benzene ring substituents is 1. The summed E-state index contributed by atoms with van der Waals surface area (Å²) in [6, 6.07) is 16.6. The summed E-state index contributed by atoms with van der Waals surface area (Å²) in [5.74, 6) is -0.225. The fourth-order valence-corrected chi connectivity index (χ4v) is 5.19. The third-order valence-corrected chi connectivity index (χ3v) is 7.25. The van der Waals surface area contributed by atoms with Crippen molar-refractivity contribution in [3.8, 4) is 11.5 Å². The van der Waals surface area contributed by atoms with Crippen molar-refractivity contribution in [2.24, 2.45) is 0 Å². The Morgan fingerprint density at radius 3 is 2.52 bits per heavy atom. The van der Waals surface area contributed by atoms with Crippen LogP contribution in [0.4, 0.5) is 16.2 Å². The molecule has 1 heterocycles. The van der Waals surface area contributed by atoms with Gasteiger partial charge in [-0.05, 0) is 94.6 Å². The van der Waals surface area contributed by atoms with E-state index in [1.165, 1.54) is 12.1 Å². The maximum atomic E-state index is 13.0. The Morgan fingerprint density at radius 1 is 1.12 bits per heavy atom. The van der Waals surface area contributed by atoms with Crippen LogP contribution >= 0.6 is 27.7 Å². The first kappa shape index (κ1) is 28.8. The number of halogens is 1. The molecule has 0 aromatic heterocycles. The number of para-hydroxylation sites is 1. The highest BCUT2D eigenvalue weighted by molar-refractivity contribution is 9.10. The third kappa shape index (κ3) is 6.88. The number of hydrogen-bond donors (Lipinski definition) is 1. The van der Waals surface area contributed by atoms with Crippen LogP contribution in [0.5, 0.6) is 11.5 Å². The van der Waals surface area contributed by atoms with E-state index in [9.17, 15) is 24.5 Å². The quantitative estimate of drug-likeness (QED) is 0.157. The molecular formula is C28H24BrN3O7S. The van der Waals surface area contributed by atoms with Gasteiger partial charge < -0.3 is 14.8 Å². The first-order valence-electron chi connectivity index (χ1n) is 12.1. The highest BCUT2D eigenvalue weighted by atomic mass is 79.9. The van der Waals surface area contributed by atoms with E-state index in [0.29, 0.717) is 33.8 Å². The number of nitro benzene ring substituents is 1. The number of thioether (sulfide) groups is 1. The SMILES string of the molecule is CCOc1cc(/C=C2/SC(=O)N(CC(=O)Nc3ccccc3C)C2=O)cc(Br)c1OCc1ccc([N+](=O)[O-])cc1. The molecule has 0 aliphatic carbocycles. The van der Waals surface area contributed by atoms with Gasteiger partial charge in [0.15, 0.2) is 11.5 Å². The number of ether oxygens (including phenoxy) is 2. The molecular weight excluding hydrogens is 602 g/mol. The van der Waals surface area contributed by atoms with Crippen LogP contribution in [0.1, 0.15) is 23.6 Å². The van der Waals surface area contributed by atoms with Crippen LogP contribution in [0, 0.1) is 17.0 Å². The zero-order chi connectivity index (χ0) is 28.8. The smallest absolute Gasteiger partial charge is 0.294 e. The van der Waals surface area contributed by atoms with Crippen molar-refractivity contribution in [3.05, 3.63) is 96.8 Å². The Balaban J connectivity index is 1.48. The minimum atomic E-state index is -0.567. The monoisotopic (exact) mass is 625 g/mol. The van der Waals surface area contributed by atoms with Crippen molar-refractivity contribution < 1.29 is 28.8 Å². The number of hydrogen-bond acceptors (Lipinski definition) is 8. The number of carbonyl (C=O) groups is 3. The second-order valence-corrected chi connectivity index (χ2v) is 10.5. The summed E-state index contributed by atoms with van der Waals surface area (Å²) in [7, 11) is 0. The van der Waals surface area contributed by atoms with Crippen molar-refractivity contribution in [3.63, 3.8) is 0 Å². The second-order valence-electron chi connectivity index (χ2n) is 8.61. The van der Waals surface area contributed by atoms with Gasteiger partial charge in [-0.2, -0.15) is 0 Å². The molecule has 3 aromatic rings. The van der Waals surface area contributed by atoms with E-state index in [4.69, 9.17) is 9.47 Å². The number of nitro groups is 1. The molecule has 12 heteroatoms. The van der Waals surface area contributed by atoms with Crippen LogP contribution in [0.3, 0.4) is 0 Å². The number of imide groups is 1. The standard InChI is InChI=1S/C28H24BrN3O7S/c1-3-38-23-13-19(12-21(29)26(23)39-16-18-8-10-20(11-9-18)32(36)37)14-24-27(34)31(28(35)40-24)15-25(33)30-22-7-5-4-6-17(22)2/h4-14H,3,15-16H2,1-2H3,(H,30,33)/b24-14+. The highest BCUT2D eigenvalue weighted by Gasteiger charge is 2.36. The zero-order valence-electron chi connectivity index (χ0n) is 21.5. The van der Waals surface area contributed by atoms with Gasteiger partial charge >= 0.3 is 0 Å². The molecule has 1 aliphatic rings. The van der Waals surface area contributed by atoms with E-state index >= 15 is 0 Å². The van der Waals surface area contributed by atoms with Gasteiger partial charge in [0.2, 0.25) is 5.91 Å². The van der Waals surface area contributed by atoms with Gasteiger partial charge in [0.05, 0.1) is 20.9 Å². The van der Waals surface area contributed by atoms with Crippen molar-refractivity contribution in [2.45, 2.75) is 20.5 Å². The predicted octanol–water partition coefficient (Wildman–Crippen LogP) is 6.32. The topological polar surface area (TPSA) is 128 Å². The summed E-state index contributed by atoms with van der Waals surface area (Å²) >= 11 is 4.24. The van der Waals surface area contributed by atoms with Gasteiger partial charge in [0.1, 0.15) is 13.2 Å². The van der Waals surface area contributed by atoms with E-state index in [1.54, 1.807) is 42.5 Å². The minimum absolute atomic E-state index is 0.0133. The Hall–Kier alpha value is -4.16. The summed E-state index contributed by atoms with van der Waals surface area (Å²) < 4.78 is 12.2. The molecule has 0 spiro atoms. The number of benzene rings is 3. The van der Waals surface area contributed by atoms with E-state index < -0.39 is 28.5 Å². The number of amides is 3. The Labute approximate surface area is 242 Å². The first-order chi connectivity index (χ1) is 19.2. The van der Waals surface area contributed by atoms with Crippen molar-refractivity contribution >= 4 is 62.2 Å². The van der Waals surface area contributed by atoms with Gasteiger partial charge in [-0.25, -0.2) is 0 Å². The molecule has 206 valence electrons. The summed E-state index contributed by atoms with van der Waals surface area (Å²) in [5, 5.41) is 13.1. The lowest BCUT2D eigenvalue weighted by Gasteiger charge is -2.15. The van der Waals surface area contributed by atoms with E-state index in [1.807, 2.05) is 26.0 Å². The second kappa shape index (κ2) is 12.8. The maximum Gasteiger partial charge on any atom is 0.294 e. The van der Waals surface area contributed by atoms with Gasteiger partial charge in [0.25, 0.3) is 16.8 Å². The van der Waals surface area contributed by atoms with Crippen LogP contribution in [0.25, 0.3) is 6.08 Å². The average molecular weight is 626 g/mol. The Kier molecular flexibility index (Phi) is 9.22. The fraction of sp³-hybridized carbons (Fsp3) is 0.179. The highest BCUT2D eigenvalue weighted by Crippen LogP contribution is 2.40. The largest absolute Gasteiger partial charge is 0.490 e. The van der Waals surface area contributed by atoms with Gasteiger partial charge in [-0.3, -0.25) is 29.4 Å². The van der Waals surface area contributed by atoms with Crippen LogP contribution in [0.15, 0.2) is 70.0 Å². The van der Waals surface area contributed by atoms with Gasteiger partial charge in [0, 0.05) is 17.8 Å². The van der Waals surface area contributed by atoms with Crippen molar-refractivity contribution in [1.29, 1.82) is 0 Å². The zero-order valence-corrected chi connectivity index (χ0v) is 23.9. The Morgan fingerprint density at radius 2 is 1.85 bits per heavy atom. The third-order valence-electron chi connectivity index (χ3n) is 5.75. The molecule has 0 unspecified atom stereocenters. The lowest BCUT2D eigenvalue weighted by Crippen LogP contribution is -2.36. The van der Waals surface area contributed by atoms with Gasteiger partial charge in [-0.15, -0.1) is 0 Å². The number of aryl methyl sites for hydroxylation is 1. The number of anilines is 1. The summed E-state index contributed by atoms with van der Waals surface area (Å²) in [5.41, 5.74) is 2.76. The normalized spacial score (nSPS) is 14.0. The Bertz CT molecular complexity index is 1510. The van der Waals surface area contributed by atoms with Crippen LogP contribution < -0.4 is 14.8 Å². The molecule has 0 saturated carbocycles. The molecule has 3 aromatic carbocycles.